The Morgan fingerprint density at radius 1 is 0.253 bits per heavy atom. The lowest BCUT2D eigenvalue weighted by atomic mass is 10.0. The summed E-state index contributed by atoms with van der Waals surface area (Å²) in [6, 6.07) is 0. The number of ether oxygens (including phenoxy) is 3. The van der Waals surface area contributed by atoms with Crippen molar-refractivity contribution in [1.29, 1.82) is 0 Å². The van der Waals surface area contributed by atoms with Gasteiger partial charge in [0.2, 0.25) is 0 Å². The molecule has 6 heteroatoms. The molecule has 1 unspecified atom stereocenters. The lowest BCUT2D eigenvalue weighted by molar-refractivity contribution is -0.167. The summed E-state index contributed by atoms with van der Waals surface area (Å²) in [6.07, 6.45) is 87.8. The molecular formula is C73H130O6. The summed E-state index contributed by atoms with van der Waals surface area (Å²) in [5.41, 5.74) is 0. The molecule has 0 rings (SSSR count). The Balaban J connectivity index is 4.26. The molecule has 0 aromatic carbocycles. The first-order chi connectivity index (χ1) is 39.0. The Hall–Kier alpha value is -3.15. The summed E-state index contributed by atoms with van der Waals surface area (Å²) >= 11 is 0. The van der Waals surface area contributed by atoms with Gasteiger partial charge in [0.15, 0.2) is 6.10 Å². The molecule has 6 nitrogen and oxygen atoms in total. The van der Waals surface area contributed by atoms with Gasteiger partial charge in [0, 0.05) is 19.3 Å². The first-order valence-electron chi connectivity index (χ1n) is 34.4. The minimum absolute atomic E-state index is 0.0797. The van der Waals surface area contributed by atoms with Gasteiger partial charge >= 0.3 is 17.9 Å². The molecule has 0 N–H and O–H groups in total. The summed E-state index contributed by atoms with van der Waals surface area (Å²) < 4.78 is 17.0. The van der Waals surface area contributed by atoms with E-state index in [1.54, 1.807) is 0 Å². The van der Waals surface area contributed by atoms with Crippen LogP contribution in [0.2, 0.25) is 0 Å². The molecule has 0 saturated heterocycles. The predicted octanol–water partition coefficient (Wildman–Crippen LogP) is 23.7. The molecule has 458 valence electrons. The highest BCUT2D eigenvalue weighted by Crippen LogP contribution is 2.17. The van der Waals surface area contributed by atoms with Gasteiger partial charge < -0.3 is 14.2 Å². The van der Waals surface area contributed by atoms with Gasteiger partial charge in [-0.05, 0) is 116 Å². The molecule has 0 aliphatic rings. The molecule has 0 fully saturated rings. The van der Waals surface area contributed by atoms with Crippen molar-refractivity contribution >= 4 is 17.9 Å². The maximum Gasteiger partial charge on any atom is 0.306 e. The fraction of sp³-hybridized carbons (Fsp3) is 0.795. The summed E-state index contributed by atoms with van der Waals surface area (Å²) in [6.45, 7) is 6.63. The zero-order valence-electron chi connectivity index (χ0n) is 52.6. The first kappa shape index (κ1) is 75.8. The SMILES string of the molecule is CCCCC/C=C\C/C=C\CCCCCCCC(=O)OCC(COC(=O)CCCCCCCCCCCCCCCC/C=C\C/C=C\C/C=C\CCCCCCC)OC(=O)CCCCCCCCC/C=C\CCCCCCCC. The third-order valence-electron chi connectivity index (χ3n) is 15.2. The second-order valence-electron chi connectivity index (χ2n) is 23.1. The highest BCUT2D eigenvalue weighted by Gasteiger charge is 2.19. The van der Waals surface area contributed by atoms with Crippen molar-refractivity contribution in [3.63, 3.8) is 0 Å². The molecule has 79 heavy (non-hydrogen) atoms. The smallest absolute Gasteiger partial charge is 0.306 e. The van der Waals surface area contributed by atoms with Crippen LogP contribution in [-0.4, -0.2) is 37.2 Å². The Morgan fingerprint density at radius 2 is 0.456 bits per heavy atom. The Bertz CT molecular complexity index is 1450. The van der Waals surface area contributed by atoms with Gasteiger partial charge in [-0.25, -0.2) is 0 Å². The third kappa shape index (κ3) is 65.5. The molecule has 0 amide bonds. The van der Waals surface area contributed by atoms with Crippen molar-refractivity contribution in [2.45, 2.75) is 361 Å². The fourth-order valence-electron chi connectivity index (χ4n) is 9.95. The second-order valence-corrected chi connectivity index (χ2v) is 23.1. The summed E-state index contributed by atoms with van der Waals surface area (Å²) in [4.78, 5) is 38.4. The second kappa shape index (κ2) is 67.4. The number of allylic oxidation sites excluding steroid dienone is 12. The van der Waals surface area contributed by atoms with Crippen LogP contribution in [0.25, 0.3) is 0 Å². The summed E-state index contributed by atoms with van der Waals surface area (Å²) in [5.74, 6) is -0.881. The number of hydrogen-bond acceptors (Lipinski definition) is 6. The van der Waals surface area contributed by atoms with Gasteiger partial charge in [-0.3, -0.25) is 14.4 Å². The van der Waals surface area contributed by atoms with Crippen LogP contribution in [0.3, 0.4) is 0 Å². The van der Waals surface area contributed by atoms with Crippen molar-refractivity contribution in [3.05, 3.63) is 72.9 Å². The van der Waals surface area contributed by atoms with E-state index in [1.165, 1.54) is 225 Å². The number of carbonyl (C=O) groups excluding carboxylic acids is 3. The van der Waals surface area contributed by atoms with Gasteiger partial charge in [-0.1, -0.05) is 293 Å². The lowest BCUT2D eigenvalue weighted by Crippen LogP contribution is -2.30. The predicted molar refractivity (Wildman–Crippen MR) is 344 cm³/mol. The monoisotopic (exact) mass is 1100 g/mol. The molecule has 0 aromatic heterocycles. The number of carbonyl (C=O) groups is 3. The van der Waals surface area contributed by atoms with Gasteiger partial charge in [0.1, 0.15) is 13.2 Å². The minimum atomic E-state index is -0.784. The quantitative estimate of drug-likeness (QED) is 0.0261. The average molecular weight is 1100 g/mol. The highest BCUT2D eigenvalue weighted by molar-refractivity contribution is 5.71. The van der Waals surface area contributed by atoms with E-state index < -0.39 is 6.10 Å². The van der Waals surface area contributed by atoms with E-state index in [0.717, 1.165) is 89.9 Å². The van der Waals surface area contributed by atoms with Crippen LogP contribution in [0, 0.1) is 0 Å². The summed E-state index contributed by atoms with van der Waals surface area (Å²) in [7, 11) is 0. The standard InChI is InChI=1S/C73H130O6/c1-4-7-10-13-16-19-22-25-28-30-31-32-33-34-35-36-37-38-39-40-41-43-45-48-51-54-57-60-63-66-72(75)78-69-70(68-77-71(74)65-62-59-56-53-50-47-44-27-24-21-18-15-12-9-6-3)79-73(76)67-64-61-58-55-52-49-46-42-29-26-23-20-17-14-11-8-5-2/h18,21-22,25-27,29-31,33-34,44,70H,4-17,19-20,23-24,28,32,35-43,45-69H2,1-3H3/b21-18-,25-22-,29-26-,31-30-,34-33-,44-27-. The van der Waals surface area contributed by atoms with Crippen molar-refractivity contribution in [3.8, 4) is 0 Å². The van der Waals surface area contributed by atoms with Crippen LogP contribution in [0.5, 0.6) is 0 Å². The van der Waals surface area contributed by atoms with Gasteiger partial charge in [0.05, 0.1) is 0 Å². The van der Waals surface area contributed by atoms with Crippen molar-refractivity contribution in [2.75, 3.05) is 13.2 Å². The minimum Gasteiger partial charge on any atom is -0.462 e. The highest BCUT2D eigenvalue weighted by atomic mass is 16.6. The molecule has 0 aliphatic carbocycles. The van der Waals surface area contributed by atoms with Gasteiger partial charge in [0.25, 0.3) is 0 Å². The van der Waals surface area contributed by atoms with E-state index in [4.69, 9.17) is 14.2 Å². The molecular weight excluding hydrogens is 973 g/mol. The first-order valence-corrected chi connectivity index (χ1v) is 34.4. The van der Waals surface area contributed by atoms with E-state index in [2.05, 4.69) is 93.7 Å². The van der Waals surface area contributed by atoms with Gasteiger partial charge in [-0.15, -0.1) is 0 Å². The van der Waals surface area contributed by atoms with E-state index >= 15 is 0 Å². The van der Waals surface area contributed by atoms with E-state index in [0.29, 0.717) is 19.3 Å². The van der Waals surface area contributed by atoms with Crippen molar-refractivity contribution in [2.24, 2.45) is 0 Å². The van der Waals surface area contributed by atoms with Crippen LogP contribution >= 0.6 is 0 Å². The van der Waals surface area contributed by atoms with Crippen LogP contribution in [-0.2, 0) is 28.6 Å². The fourth-order valence-corrected chi connectivity index (χ4v) is 9.95. The van der Waals surface area contributed by atoms with Crippen LogP contribution in [0.4, 0.5) is 0 Å². The lowest BCUT2D eigenvalue weighted by Gasteiger charge is -2.18. The van der Waals surface area contributed by atoms with Crippen LogP contribution in [0.1, 0.15) is 355 Å². The van der Waals surface area contributed by atoms with Crippen LogP contribution < -0.4 is 0 Å². The van der Waals surface area contributed by atoms with E-state index in [1.807, 2.05) is 0 Å². The Labute approximate surface area is 491 Å². The maximum atomic E-state index is 12.9. The molecule has 0 heterocycles. The molecule has 0 aromatic rings. The number of rotatable bonds is 63. The summed E-state index contributed by atoms with van der Waals surface area (Å²) in [5, 5.41) is 0. The topological polar surface area (TPSA) is 78.9 Å². The molecule has 0 aliphatic heterocycles. The van der Waals surface area contributed by atoms with Gasteiger partial charge in [-0.2, -0.15) is 0 Å². The Morgan fingerprint density at radius 3 is 0.747 bits per heavy atom. The van der Waals surface area contributed by atoms with Crippen molar-refractivity contribution in [1.82, 2.24) is 0 Å². The number of unbranched alkanes of at least 4 members (excludes halogenated alkanes) is 40. The third-order valence-corrected chi connectivity index (χ3v) is 15.2. The van der Waals surface area contributed by atoms with E-state index in [-0.39, 0.29) is 31.1 Å². The van der Waals surface area contributed by atoms with E-state index in [9.17, 15) is 14.4 Å². The molecule has 0 radical (unpaired) electrons. The number of esters is 3. The average Bonchev–Trinajstić information content (AvgIpc) is 3.45. The number of hydrogen-bond donors (Lipinski definition) is 0. The zero-order chi connectivity index (χ0) is 57.1. The molecule has 0 bridgehead atoms. The maximum absolute atomic E-state index is 12.9. The molecule has 0 spiro atoms. The Kier molecular flexibility index (Phi) is 64.7. The normalized spacial score (nSPS) is 12.5. The molecule has 1 atom stereocenters. The van der Waals surface area contributed by atoms with Crippen LogP contribution in [0.15, 0.2) is 72.9 Å². The van der Waals surface area contributed by atoms with Crippen molar-refractivity contribution < 1.29 is 28.6 Å². The largest absolute Gasteiger partial charge is 0.462 e. The zero-order valence-corrected chi connectivity index (χ0v) is 52.6. The molecule has 0 saturated carbocycles.